The van der Waals surface area contributed by atoms with Crippen LogP contribution in [0.2, 0.25) is 0 Å². The smallest absolute Gasteiger partial charge is 0.133 e. The van der Waals surface area contributed by atoms with Crippen LogP contribution in [0.3, 0.4) is 0 Å². The molecule has 0 radical (unpaired) electrons. The molecule has 0 aromatic carbocycles. The number of fused-ring (bicyclic) bond motifs is 2. The summed E-state index contributed by atoms with van der Waals surface area (Å²) in [5, 5.41) is 0. The van der Waals surface area contributed by atoms with Gasteiger partial charge in [0.25, 0.3) is 0 Å². The third-order valence-corrected chi connectivity index (χ3v) is 7.42. The van der Waals surface area contributed by atoms with E-state index in [-0.39, 0.29) is 0 Å². The van der Waals surface area contributed by atoms with Crippen LogP contribution in [0, 0.1) is 34.5 Å². The largest absolute Gasteiger partial charge is 0.300 e. The van der Waals surface area contributed by atoms with Crippen molar-refractivity contribution < 1.29 is 4.79 Å². The molecule has 3 rings (SSSR count). The highest BCUT2D eigenvalue weighted by atomic mass is 16.1. The second-order valence-electron chi connectivity index (χ2n) is 8.14. The average Bonchev–Trinajstić information content (AvgIpc) is 2.61. The third kappa shape index (κ3) is 1.48. The number of hydrogen-bond acceptors (Lipinski definition) is 1. The van der Waals surface area contributed by atoms with Gasteiger partial charge in [-0.25, -0.2) is 0 Å². The Labute approximate surface area is 112 Å². The Morgan fingerprint density at radius 3 is 2.39 bits per heavy atom. The summed E-state index contributed by atoms with van der Waals surface area (Å²) >= 11 is 0. The Morgan fingerprint density at radius 2 is 1.89 bits per heavy atom. The van der Waals surface area contributed by atoms with Crippen molar-refractivity contribution in [2.45, 2.75) is 66.2 Å². The van der Waals surface area contributed by atoms with Crippen LogP contribution in [-0.2, 0) is 4.79 Å². The first-order valence-electron chi connectivity index (χ1n) is 7.88. The molecule has 0 amide bonds. The predicted octanol–water partition coefficient (Wildman–Crippen LogP) is 4.45. The van der Waals surface area contributed by atoms with Gasteiger partial charge in [-0.05, 0) is 60.2 Å². The molecule has 1 nitrogen and oxygen atoms in total. The summed E-state index contributed by atoms with van der Waals surface area (Å²) in [6, 6.07) is 0. The van der Waals surface area contributed by atoms with E-state index in [1.54, 1.807) is 0 Å². The molecule has 3 fully saturated rings. The lowest BCUT2D eigenvalue weighted by molar-refractivity contribution is -0.123. The fourth-order valence-corrected chi connectivity index (χ4v) is 5.74. The quantitative estimate of drug-likeness (QED) is 0.670. The van der Waals surface area contributed by atoms with Gasteiger partial charge < -0.3 is 0 Å². The van der Waals surface area contributed by atoms with Crippen LogP contribution >= 0.6 is 0 Å². The Bertz CT molecular complexity index is 370. The second kappa shape index (κ2) is 3.84. The van der Waals surface area contributed by atoms with E-state index in [9.17, 15) is 4.79 Å². The predicted molar refractivity (Wildman–Crippen MR) is 74.2 cm³/mol. The Morgan fingerprint density at radius 1 is 1.17 bits per heavy atom. The lowest BCUT2D eigenvalue weighted by Gasteiger charge is -2.45. The molecule has 0 saturated heterocycles. The lowest BCUT2D eigenvalue weighted by atomic mass is 9.59. The highest BCUT2D eigenvalue weighted by molar-refractivity contribution is 5.79. The first-order valence-corrected chi connectivity index (χ1v) is 7.88. The van der Waals surface area contributed by atoms with Crippen LogP contribution in [-0.4, -0.2) is 5.78 Å². The second-order valence-corrected chi connectivity index (χ2v) is 8.14. The first kappa shape index (κ1) is 12.7. The van der Waals surface area contributed by atoms with Crippen molar-refractivity contribution >= 4 is 5.78 Å². The van der Waals surface area contributed by atoms with Gasteiger partial charge in [0, 0.05) is 12.8 Å². The maximum absolute atomic E-state index is 11.6. The highest BCUT2D eigenvalue weighted by Crippen LogP contribution is 2.70. The zero-order chi connectivity index (χ0) is 13.1. The number of ketones is 1. The number of carbonyl (C=O) groups excluding carboxylic acids is 1. The van der Waals surface area contributed by atoms with E-state index in [1.165, 1.54) is 25.7 Å². The molecule has 0 aromatic heterocycles. The molecule has 5 atom stereocenters. The van der Waals surface area contributed by atoms with Crippen LogP contribution < -0.4 is 0 Å². The molecule has 102 valence electrons. The van der Waals surface area contributed by atoms with Gasteiger partial charge in [0.15, 0.2) is 0 Å². The maximum atomic E-state index is 11.6. The summed E-state index contributed by atoms with van der Waals surface area (Å²) in [6.45, 7) is 9.88. The molecule has 0 aromatic rings. The molecule has 3 aliphatic rings. The first-order chi connectivity index (χ1) is 8.36. The van der Waals surface area contributed by atoms with Gasteiger partial charge in [-0.3, -0.25) is 4.79 Å². The van der Waals surface area contributed by atoms with Crippen molar-refractivity contribution in [3.63, 3.8) is 0 Å². The molecule has 0 N–H and O–H groups in total. The minimum Gasteiger partial charge on any atom is -0.300 e. The molecule has 3 saturated carbocycles. The fourth-order valence-electron chi connectivity index (χ4n) is 5.74. The monoisotopic (exact) mass is 248 g/mol. The summed E-state index contributed by atoms with van der Waals surface area (Å²) in [7, 11) is 0. The topological polar surface area (TPSA) is 17.1 Å². The van der Waals surface area contributed by atoms with Crippen molar-refractivity contribution in [2.75, 3.05) is 0 Å². The van der Waals surface area contributed by atoms with Crippen molar-refractivity contribution in [1.82, 2.24) is 0 Å². The van der Waals surface area contributed by atoms with E-state index in [0.717, 1.165) is 30.6 Å². The van der Waals surface area contributed by atoms with Crippen molar-refractivity contribution in [3.8, 4) is 0 Å². The molecule has 2 bridgehead atoms. The minimum absolute atomic E-state index is 0.506. The minimum atomic E-state index is 0.506. The Balaban J connectivity index is 1.85. The Kier molecular flexibility index (Phi) is 2.70. The highest BCUT2D eigenvalue weighted by Gasteiger charge is 2.62. The zero-order valence-electron chi connectivity index (χ0n) is 12.5. The molecular weight excluding hydrogens is 220 g/mol. The SMILES string of the molecule is CC1CC(=O)CCC1[C@@H]1C[C@H]2CC[C@]1(C)C2(C)C. The van der Waals surface area contributed by atoms with E-state index in [0.29, 0.717) is 22.5 Å². The summed E-state index contributed by atoms with van der Waals surface area (Å²) in [5.74, 6) is 3.78. The van der Waals surface area contributed by atoms with E-state index < -0.39 is 0 Å². The lowest BCUT2D eigenvalue weighted by Crippen LogP contribution is -2.39. The van der Waals surface area contributed by atoms with Gasteiger partial charge in [0.2, 0.25) is 0 Å². The van der Waals surface area contributed by atoms with Gasteiger partial charge in [0.1, 0.15) is 5.78 Å². The van der Waals surface area contributed by atoms with Gasteiger partial charge in [-0.1, -0.05) is 27.7 Å². The van der Waals surface area contributed by atoms with E-state index in [4.69, 9.17) is 0 Å². The number of carbonyl (C=O) groups is 1. The molecular formula is C17H28O. The molecule has 0 spiro atoms. The standard InChI is InChI=1S/C17H28O/c1-11-9-13(18)5-6-14(11)15-10-12-7-8-17(15,4)16(12,2)3/h11-12,14-15H,5-10H2,1-4H3/t11?,12-,14?,15+,17+/m1/s1. The molecule has 18 heavy (non-hydrogen) atoms. The normalized spacial score (nSPS) is 50.8. The van der Waals surface area contributed by atoms with E-state index in [2.05, 4.69) is 27.7 Å². The number of Topliss-reactive ketones (excluding diaryl/α,β-unsaturated/α-hetero) is 1. The molecule has 3 aliphatic carbocycles. The maximum Gasteiger partial charge on any atom is 0.133 e. The van der Waals surface area contributed by atoms with Crippen molar-refractivity contribution in [3.05, 3.63) is 0 Å². The average molecular weight is 248 g/mol. The van der Waals surface area contributed by atoms with Gasteiger partial charge in [-0.15, -0.1) is 0 Å². The summed E-state index contributed by atoms with van der Waals surface area (Å²) in [6.07, 6.45) is 7.18. The van der Waals surface area contributed by atoms with Crippen LogP contribution in [0.25, 0.3) is 0 Å². The van der Waals surface area contributed by atoms with Crippen molar-refractivity contribution in [1.29, 1.82) is 0 Å². The summed E-state index contributed by atoms with van der Waals surface area (Å²) in [5.41, 5.74) is 1.07. The molecule has 2 unspecified atom stereocenters. The zero-order valence-corrected chi connectivity index (χ0v) is 12.5. The molecule has 1 heteroatoms. The van der Waals surface area contributed by atoms with Gasteiger partial charge >= 0.3 is 0 Å². The number of rotatable bonds is 1. The molecule has 0 aliphatic heterocycles. The van der Waals surface area contributed by atoms with Crippen molar-refractivity contribution in [2.24, 2.45) is 34.5 Å². The van der Waals surface area contributed by atoms with Crippen LogP contribution in [0.15, 0.2) is 0 Å². The Hall–Kier alpha value is -0.330. The summed E-state index contributed by atoms with van der Waals surface area (Å²) < 4.78 is 0. The van der Waals surface area contributed by atoms with Gasteiger partial charge in [-0.2, -0.15) is 0 Å². The van der Waals surface area contributed by atoms with Crippen LogP contribution in [0.4, 0.5) is 0 Å². The van der Waals surface area contributed by atoms with Crippen LogP contribution in [0.1, 0.15) is 66.2 Å². The summed E-state index contributed by atoms with van der Waals surface area (Å²) in [4.78, 5) is 11.6. The van der Waals surface area contributed by atoms with Gasteiger partial charge in [0.05, 0.1) is 0 Å². The number of hydrogen-bond donors (Lipinski definition) is 0. The molecule has 0 heterocycles. The fraction of sp³-hybridized carbons (Fsp3) is 0.941. The third-order valence-electron chi connectivity index (χ3n) is 7.42. The van der Waals surface area contributed by atoms with E-state index >= 15 is 0 Å². The van der Waals surface area contributed by atoms with E-state index in [1.807, 2.05) is 0 Å². The van der Waals surface area contributed by atoms with Crippen LogP contribution in [0.5, 0.6) is 0 Å².